The lowest BCUT2D eigenvalue weighted by molar-refractivity contribution is 0.595. The van der Waals surface area contributed by atoms with Crippen LogP contribution in [0.15, 0.2) is 23.4 Å². The van der Waals surface area contributed by atoms with Gasteiger partial charge in [-0.1, -0.05) is 25.4 Å². The van der Waals surface area contributed by atoms with Crippen LogP contribution in [0.1, 0.15) is 26.7 Å². The molecule has 0 aromatic heterocycles. The van der Waals surface area contributed by atoms with Gasteiger partial charge in [0.2, 0.25) is 0 Å². The lowest BCUT2D eigenvalue weighted by atomic mass is 10.0. The summed E-state index contributed by atoms with van der Waals surface area (Å²) in [5.74, 6) is 0.493. The van der Waals surface area contributed by atoms with E-state index < -0.39 is 0 Å². The van der Waals surface area contributed by atoms with E-state index in [1.807, 2.05) is 6.08 Å². The molecule has 0 saturated heterocycles. The maximum atomic E-state index is 5.98. The van der Waals surface area contributed by atoms with E-state index in [0.717, 1.165) is 17.9 Å². The third-order valence-corrected chi connectivity index (χ3v) is 2.18. The summed E-state index contributed by atoms with van der Waals surface area (Å²) in [6, 6.07) is 0. The molecule has 0 fully saturated rings. The van der Waals surface area contributed by atoms with E-state index in [1.165, 1.54) is 6.20 Å². The number of nitrogens with two attached hydrogens (primary N) is 1. The third-order valence-electron chi connectivity index (χ3n) is 1.74. The number of allylic oxidation sites excluding steroid dienone is 3. The van der Waals surface area contributed by atoms with E-state index in [4.69, 9.17) is 17.3 Å². The van der Waals surface area contributed by atoms with Gasteiger partial charge >= 0.3 is 0 Å². The molecule has 0 unspecified atom stereocenters. The highest BCUT2D eigenvalue weighted by Gasteiger charge is 2.05. The van der Waals surface area contributed by atoms with Gasteiger partial charge in [-0.15, -0.1) is 0 Å². The molecule has 0 aliphatic rings. The normalized spacial score (nSPS) is 13.3. The molecule has 0 amide bonds. The van der Waals surface area contributed by atoms with Crippen molar-refractivity contribution >= 4 is 11.6 Å². The first-order valence-electron chi connectivity index (χ1n) is 4.00. The molecule has 0 atom stereocenters. The van der Waals surface area contributed by atoms with Crippen LogP contribution in [0, 0.1) is 5.92 Å². The minimum Gasteiger partial charge on any atom is -0.405 e. The topological polar surface area (TPSA) is 26.0 Å². The SMILES string of the molecule is CCC(CC)/C(Cl)=C\C=C/N. The van der Waals surface area contributed by atoms with Gasteiger partial charge < -0.3 is 5.73 Å². The first kappa shape index (κ1) is 10.6. The Labute approximate surface area is 73.9 Å². The molecule has 0 aliphatic heterocycles. The van der Waals surface area contributed by atoms with Crippen molar-refractivity contribution < 1.29 is 0 Å². The van der Waals surface area contributed by atoms with Crippen LogP contribution in [0.5, 0.6) is 0 Å². The van der Waals surface area contributed by atoms with Crippen LogP contribution in [-0.4, -0.2) is 0 Å². The highest BCUT2D eigenvalue weighted by molar-refractivity contribution is 6.29. The third kappa shape index (κ3) is 4.10. The van der Waals surface area contributed by atoms with Crippen molar-refractivity contribution in [3.8, 4) is 0 Å². The monoisotopic (exact) mass is 173 g/mol. The average molecular weight is 174 g/mol. The van der Waals surface area contributed by atoms with Crippen LogP contribution in [0.3, 0.4) is 0 Å². The molecular weight excluding hydrogens is 158 g/mol. The van der Waals surface area contributed by atoms with Crippen LogP contribution in [-0.2, 0) is 0 Å². The summed E-state index contributed by atoms with van der Waals surface area (Å²) < 4.78 is 0. The summed E-state index contributed by atoms with van der Waals surface area (Å²) in [6.45, 7) is 4.27. The fourth-order valence-corrected chi connectivity index (χ4v) is 1.34. The highest BCUT2D eigenvalue weighted by atomic mass is 35.5. The van der Waals surface area contributed by atoms with E-state index in [-0.39, 0.29) is 0 Å². The number of hydrogen-bond acceptors (Lipinski definition) is 1. The summed E-state index contributed by atoms with van der Waals surface area (Å²) in [5, 5.41) is 0.900. The zero-order valence-corrected chi connectivity index (χ0v) is 7.93. The Morgan fingerprint density at radius 1 is 1.45 bits per heavy atom. The second kappa shape index (κ2) is 6.29. The quantitative estimate of drug-likeness (QED) is 0.650. The van der Waals surface area contributed by atoms with E-state index >= 15 is 0 Å². The number of rotatable bonds is 4. The molecule has 1 nitrogen and oxygen atoms in total. The van der Waals surface area contributed by atoms with Gasteiger partial charge in [0.05, 0.1) is 0 Å². The molecule has 64 valence electrons. The molecule has 0 aromatic rings. The van der Waals surface area contributed by atoms with Gasteiger partial charge in [-0.05, 0) is 37.1 Å². The molecule has 2 N–H and O–H groups in total. The van der Waals surface area contributed by atoms with Crippen molar-refractivity contribution in [3.05, 3.63) is 23.4 Å². The second-order valence-electron chi connectivity index (χ2n) is 2.45. The van der Waals surface area contributed by atoms with Crippen LogP contribution in [0.25, 0.3) is 0 Å². The van der Waals surface area contributed by atoms with Crippen molar-refractivity contribution in [3.63, 3.8) is 0 Å². The summed E-state index contributed by atoms with van der Waals surface area (Å²) in [6.07, 6.45) is 7.29. The average Bonchev–Trinajstić information content (AvgIpc) is 2.03. The Bertz CT molecular complexity index is 146. The lowest BCUT2D eigenvalue weighted by Gasteiger charge is -2.09. The summed E-state index contributed by atoms with van der Waals surface area (Å²) in [7, 11) is 0. The summed E-state index contributed by atoms with van der Waals surface area (Å²) in [4.78, 5) is 0. The number of halogens is 1. The largest absolute Gasteiger partial charge is 0.405 e. The smallest absolute Gasteiger partial charge is 0.0212 e. The minimum absolute atomic E-state index is 0.493. The molecule has 11 heavy (non-hydrogen) atoms. The Hall–Kier alpha value is -0.430. The molecule has 0 saturated carbocycles. The van der Waals surface area contributed by atoms with Crippen LogP contribution in [0.2, 0.25) is 0 Å². The molecule has 0 heterocycles. The zero-order chi connectivity index (χ0) is 8.69. The van der Waals surface area contributed by atoms with Crippen molar-refractivity contribution in [2.45, 2.75) is 26.7 Å². The van der Waals surface area contributed by atoms with Gasteiger partial charge in [-0.3, -0.25) is 0 Å². The van der Waals surface area contributed by atoms with Gasteiger partial charge in [0.15, 0.2) is 0 Å². The molecule has 0 bridgehead atoms. The summed E-state index contributed by atoms with van der Waals surface area (Å²) in [5.41, 5.74) is 5.18. The van der Waals surface area contributed by atoms with E-state index in [9.17, 15) is 0 Å². The molecular formula is C9H16ClN. The lowest BCUT2D eigenvalue weighted by Crippen LogP contribution is -1.95. The van der Waals surface area contributed by atoms with Gasteiger partial charge in [0, 0.05) is 5.03 Å². The minimum atomic E-state index is 0.493. The Balaban J connectivity index is 4.06. The van der Waals surface area contributed by atoms with Crippen molar-refractivity contribution in [1.82, 2.24) is 0 Å². The maximum Gasteiger partial charge on any atom is 0.0212 e. The first-order chi connectivity index (χ1) is 5.26. The molecule has 0 aromatic carbocycles. The van der Waals surface area contributed by atoms with E-state index in [1.54, 1.807) is 6.08 Å². The van der Waals surface area contributed by atoms with Gasteiger partial charge in [-0.25, -0.2) is 0 Å². The second-order valence-corrected chi connectivity index (χ2v) is 2.89. The van der Waals surface area contributed by atoms with Gasteiger partial charge in [0.1, 0.15) is 0 Å². The van der Waals surface area contributed by atoms with Crippen LogP contribution < -0.4 is 5.73 Å². The zero-order valence-electron chi connectivity index (χ0n) is 7.18. The fraction of sp³-hybridized carbons (Fsp3) is 0.556. The van der Waals surface area contributed by atoms with Crippen molar-refractivity contribution in [2.75, 3.05) is 0 Å². The van der Waals surface area contributed by atoms with E-state index in [2.05, 4.69) is 13.8 Å². The van der Waals surface area contributed by atoms with Crippen molar-refractivity contribution in [2.24, 2.45) is 11.7 Å². The Kier molecular flexibility index (Phi) is 6.05. The first-order valence-corrected chi connectivity index (χ1v) is 4.38. The predicted molar refractivity (Wildman–Crippen MR) is 51.3 cm³/mol. The Morgan fingerprint density at radius 2 is 2.00 bits per heavy atom. The predicted octanol–water partition coefficient (Wildman–Crippen LogP) is 3.02. The van der Waals surface area contributed by atoms with Crippen LogP contribution in [0.4, 0.5) is 0 Å². The number of hydrogen-bond donors (Lipinski definition) is 1. The molecule has 2 heteroatoms. The standard InChI is InChI=1S/C9H16ClN/c1-3-8(4-2)9(10)6-5-7-11/h5-8H,3-4,11H2,1-2H3/b7-5-,9-6+. The van der Waals surface area contributed by atoms with Gasteiger partial charge in [-0.2, -0.15) is 0 Å². The molecule has 0 rings (SSSR count). The van der Waals surface area contributed by atoms with Gasteiger partial charge in [0.25, 0.3) is 0 Å². The van der Waals surface area contributed by atoms with Crippen LogP contribution >= 0.6 is 11.6 Å². The molecule has 0 spiro atoms. The Morgan fingerprint density at radius 3 is 2.36 bits per heavy atom. The maximum absolute atomic E-state index is 5.98. The fourth-order valence-electron chi connectivity index (χ4n) is 0.962. The summed E-state index contributed by atoms with van der Waals surface area (Å²) >= 11 is 5.98. The van der Waals surface area contributed by atoms with Crippen molar-refractivity contribution in [1.29, 1.82) is 0 Å². The highest BCUT2D eigenvalue weighted by Crippen LogP contribution is 2.21. The molecule has 0 radical (unpaired) electrons. The molecule has 0 aliphatic carbocycles. The van der Waals surface area contributed by atoms with E-state index in [0.29, 0.717) is 5.92 Å².